The standard InChI is InChI=1S/C16H28N4O/c1-3-10-19-16(17-4-2)20-12-11-18-15(21)13-14-8-6-5-7-9-14/h1,14H,4-13H2,2H3,(H,18,21)(H2,17,19,20). The maximum atomic E-state index is 11.8. The van der Waals surface area contributed by atoms with Gasteiger partial charge in [-0.05, 0) is 25.7 Å². The van der Waals surface area contributed by atoms with Gasteiger partial charge in [0.05, 0.1) is 13.1 Å². The average Bonchev–Trinajstić information content (AvgIpc) is 2.50. The predicted octanol–water partition coefficient (Wildman–Crippen LogP) is 1.26. The van der Waals surface area contributed by atoms with Gasteiger partial charge in [-0.3, -0.25) is 9.79 Å². The van der Waals surface area contributed by atoms with Gasteiger partial charge in [0.25, 0.3) is 0 Å². The highest BCUT2D eigenvalue weighted by Gasteiger charge is 2.16. The number of nitrogens with one attached hydrogen (secondary N) is 3. The zero-order valence-corrected chi connectivity index (χ0v) is 13.1. The molecule has 1 aliphatic rings. The van der Waals surface area contributed by atoms with E-state index in [0.717, 1.165) is 6.54 Å². The Kier molecular flexibility index (Phi) is 9.10. The van der Waals surface area contributed by atoms with Crippen LogP contribution < -0.4 is 16.0 Å². The molecule has 0 radical (unpaired) electrons. The first kappa shape index (κ1) is 17.4. The second kappa shape index (κ2) is 11.0. The molecule has 21 heavy (non-hydrogen) atoms. The minimum Gasteiger partial charge on any atom is -0.357 e. The van der Waals surface area contributed by atoms with Crippen LogP contribution in [0.4, 0.5) is 0 Å². The molecule has 1 rings (SSSR count). The number of hydrogen-bond acceptors (Lipinski definition) is 2. The zero-order valence-electron chi connectivity index (χ0n) is 13.1. The maximum absolute atomic E-state index is 11.8. The third-order valence-corrected chi connectivity index (χ3v) is 3.60. The second-order valence-electron chi connectivity index (χ2n) is 5.38. The molecule has 0 bridgehead atoms. The molecule has 0 saturated heterocycles. The summed E-state index contributed by atoms with van der Waals surface area (Å²) < 4.78 is 0. The quantitative estimate of drug-likeness (QED) is 0.286. The van der Waals surface area contributed by atoms with Gasteiger partial charge in [-0.2, -0.15) is 0 Å². The van der Waals surface area contributed by atoms with Crippen LogP contribution in [0.3, 0.4) is 0 Å². The molecule has 0 unspecified atom stereocenters. The van der Waals surface area contributed by atoms with Crippen molar-refractivity contribution >= 4 is 11.9 Å². The minimum absolute atomic E-state index is 0.152. The normalized spacial score (nSPS) is 16.1. The molecule has 1 fully saturated rings. The smallest absolute Gasteiger partial charge is 0.220 e. The van der Waals surface area contributed by atoms with Crippen molar-refractivity contribution in [1.82, 2.24) is 16.0 Å². The van der Waals surface area contributed by atoms with E-state index in [1.54, 1.807) is 0 Å². The molecular formula is C16H28N4O. The van der Waals surface area contributed by atoms with Crippen LogP contribution in [0.15, 0.2) is 4.99 Å². The third-order valence-electron chi connectivity index (χ3n) is 3.60. The average molecular weight is 292 g/mol. The van der Waals surface area contributed by atoms with E-state index < -0.39 is 0 Å². The van der Waals surface area contributed by atoms with Crippen LogP contribution in [0.25, 0.3) is 0 Å². The van der Waals surface area contributed by atoms with Crippen molar-refractivity contribution < 1.29 is 4.79 Å². The molecule has 1 amide bonds. The Morgan fingerprint density at radius 1 is 1.24 bits per heavy atom. The van der Waals surface area contributed by atoms with E-state index in [4.69, 9.17) is 6.42 Å². The number of aliphatic imine (C=N–C) groups is 1. The van der Waals surface area contributed by atoms with Gasteiger partial charge >= 0.3 is 0 Å². The topological polar surface area (TPSA) is 65.5 Å². The summed E-state index contributed by atoms with van der Waals surface area (Å²) in [4.78, 5) is 16.2. The molecule has 0 aromatic heterocycles. The summed E-state index contributed by atoms with van der Waals surface area (Å²) in [6, 6.07) is 0. The Balaban J connectivity index is 2.18. The van der Waals surface area contributed by atoms with Crippen molar-refractivity contribution in [1.29, 1.82) is 0 Å². The van der Waals surface area contributed by atoms with Crippen molar-refractivity contribution in [2.24, 2.45) is 10.9 Å². The van der Waals surface area contributed by atoms with Crippen molar-refractivity contribution in [3.8, 4) is 12.3 Å². The van der Waals surface area contributed by atoms with E-state index in [2.05, 4.69) is 26.9 Å². The highest BCUT2D eigenvalue weighted by Crippen LogP contribution is 2.25. The highest BCUT2D eigenvalue weighted by molar-refractivity contribution is 5.80. The van der Waals surface area contributed by atoms with Crippen molar-refractivity contribution in [3.05, 3.63) is 0 Å². The number of carbonyl (C=O) groups is 1. The summed E-state index contributed by atoms with van der Waals surface area (Å²) in [6.45, 7) is 4.35. The van der Waals surface area contributed by atoms with Crippen molar-refractivity contribution in [2.75, 3.05) is 26.2 Å². The summed E-state index contributed by atoms with van der Waals surface area (Å²) in [5.74, 6) is 3.93. The molecule has 1 saturated carbocycles. The molecule has 0 heterocycles. The third kappa shape index (κ3) is 8.23. The number of guanidine groups is 1. The van der Waals surface area contributed by atoms with Crippen molar-refractivity contribution in [3.63, 3.8) is 0 Å². The van der Waals surface area contributed by atoms with E-state index in [-0.39, 0.29) is 5.91 Å². The van der Waals surface area contributed by atoms with Crippen LogP contribution in [0.1, 0.15) is 45.4 Å². The van der Waals surface area contributed by atoms with E-state index in [1.807, 2.05) is 6.92 Å². The first-order valence-electron chi connectivity index (χ1n) is 7.98. The molecule has 0 aliphatic heterocycles. The molecule has 1 aliphatic carbocycles. The first-order valence-corrected chi connectivity index (χ1v) is 7.98. The fraction of sp³-hybridized carbons (Fsp3) is 0.750. The lowest BCUT2D eigenvalue weighted by atomic mass is 9.87. The van der Waals surface area contributed by atoms with E-state index in [9.17, 15) is 4.79 Å². The summed E-state index contributed by atoms with van der Waals surface area (Å²) in [6.07, 6.45) is 12.1. The van der Waals surface area contributed by atoms with Gasteiger partial charge in [0.1, 0.15) is 0 Å². The summed E-state index contributed by atoms with van der Waals surface area (Å²) in [5.41, 5.74) is 0. The molecular weight excluding hydrogens is 264 g/mol. The second-order valence-corrected chi connectivity index (χ2v) is 5.38. The Morgan fingerprint density at radius 3 is 2.67 bits per heavy atom. The molecule has 0 aromatic carbocycles. The first-order chi connectivity index (χ1) is 10.3. The van der Waals surface area contributed by atoms with E-state index in [0.29, 0.717) is 37.9 Å². The van der Waals surface area contributed by atoms with Gasteiger partial charge in [0, 0.05) is 19.5 Å². The molecule has 0 aromatic rings. The Labute approximate surface area is 128 Å². The zero-order chi connectivity index (χ0) is 15.3. The summed E-state index contributed by atoms with van der Waals surface area (Å²) >= 11 is 0. The van der Waals surface area contributed by atoms with Crippen molar-refractivity contribution in [2.45, 2.75) is 45.4 Å². The number of amides is 1. The van der Waals surface area contributed by atoms with Gasteiger partial charge < -0.3 is 16.0 Å². The van der Waals surface area contributed by atoms with Gasteiger partial charge in [-0.15, -0.1) is 6.42 Å². The van der Waals surface area contributed by atoms with Crippen LogP contribution in [-0.2, 0) is 4.79 Å². The fourth-order valence-corrected chi connectivity index (χ4v) is 2.57. The lowest BCUT2D eigenvalue weighted by molar-refractivity contribution is -0.122. The Hall–Kier alpha value is -1.70. The molecule has 0 atom stereocenters. The fourth-order valence-electron chi connectivity index (χ4n) is 2.57. The lowest BCUT2D eigenvalue weighted by Crippen LogP contribution is -2.38. The van der Waals surface area contributed by atoms with E-state index >= 15 is 0 Å². The van der Waals surface area contributed by atoms with Crippen LogP contribution in [0, 0.1) is 18.3 Å². The number of rotatable bonds is 7. The lowest BCUT2D eigenvalue weighted by Gasteiger charge is -2.20. The number of nitrogens with zero attached hydrogens (tertiary/aromatic N) is 1. The number of carbonyl (C=O) groups excluding carboxylic acids is 1. The monoisotopic (exact) mass is 292 g/mol. The molecule has 3 N–H and O–H groups in total. The van der Waals surface area contributed by atoms with Crippen LogP contribution in [0.2, 0.25) is 0 Å². The van der Waals surface area contributed by atoms with Gasteiger partial charge in [-0.1, -0.05) is 25.2 Å². The van der Waals surface area contributed by atoms with Gasteiger partial charge in [0.15, 0.2) is 5.96 Å². The summed E-state index contributed by atoms with van der Waals surface area (Å²) in [7, 11) is 0. The Morgan fingerprint density at radius 2 is 2.00 bits per heavy atom. The summed E-state index contributed by atoms with van der Waals surface area (Å²) in [5, 5.41) is 9.06. The van der Waals surface area contributed by atoms with Gasteiger partial charge in [0.2, 0.25) is 5.91 Å². The number of hydrogen-bond donors (Lipinski definition) is 3. The van der Waals surface area contributed by atoms with Crippen LogP contribution in [-0.4, -0.2) is 38.0 Å². The minimum atomic E-state index is 0.152. The van der Waals surface area contributed by atoms with Crippen LogP contribution in [0.5, 0.6) is 0 Å². The molecule has 5 heteroatoms. The Bertz CT molecular complexity index is 367. The highest BCUT2D eigenvalue weighted by atomic mass is 16.1. The largest absolute Gasteiger partial charge is 0.357 e. The SMILES string of the molecule is C#CCNC(=NCCNC(=O)CC1CCCCC1)NCC. The predicted molar refractivity (Wildman–Crippen MR) is 87.0 cm³/mol. The molecule has 118 valence electrons. The molecule has 0 spiro atoms. The van der Waals surface area contributed by atoms with E-state index in [1.165, 1.54) is 32.1 Å². The van der Waals surface area contributed by atoms with Crippen LogP contribution >= 0.6 is 0 Å². The van der Waals surface area contributed by atoms with Gasteiger partial charge in [-0.25, -0.2) is 0 Å². The molecule has 5 nitrogen and oxygen atoms in total. The maximum Gasteiger partial charge on any atom is 0.220 e. The number of terminal acetylenes is 1.